The summed E-state index contributed by atoms with van der Waals surface area (Å²) in [5.74, 6) is -1.99. The van der Waals surface area contributed by atoms with Crippen LogP contribution in [0.3, 0.4) is 0 Å². The Morgan fingerprint density at radius 2 is 1.91 bits per heavy atom. The second-order valence-electron chi connectivity index (χ2n) is 4.94. The first kappa shape index (κ1) is 16.2. The van der Waals surface area contributed by atoms with Crippen LogP contribution in [-0.4, -0.2) is 16.0 Å². The van der Waals surface area contributed by atoms with Crippen LogP contribution in [-0.2, 0) is 4.79 Å². The minimum Gasteiger partial charge on any atom is -0.481 e. The highest BCUT2D eigenvalue weighted by molar-refractivity contribution is 5.74. The molecule has 0 bridgehead atoms. The monoisotopic (exact) mass is 312 g/mol. The predicted molar refractivity (Wildman–Crippen MR) is 87.2 cm³/mol. The molecule has 0 aromatic heterocycles. The van der Waals surface area contributed by atoms with E-state index in [0.29, 0.717) is 5.56 Å². The average molecular weight is 312 g/mol. The Kier molecular flexibility index (Phi) is 5.09. The van der Waals surface area contributed by atoms with Gasteiger partial charge in [-0.15, -0.1) is 6.58 Å². The molecule has 118 valence electrons. The van der Waals surface area contributed by atoms with Gasteiger partial charge in [-0.2, -0.15) is 0 Å². The summed E-state index contributed by atoms with van der Waals surface area (Å²) in [7, 11) is 0. The molecule has 0 amide bonds. The van der Waals surface area contributed by atoms with E-state index < -0.39 is 22.9 Å². The van der Waals surface area contributed by atoms with Gasteiger partial charge in [0.1, 0.15) is 0 Å². The third-order valence-electron chi connectivity index (χ3n) is 3.43. The number of nitrogens with one attached hydrogen (secondary N) is 1. The highest BCUT2D eigenvalue weighted by Gasteiger charge is 2.28. The molecule has 0 saturated carbocycles. The van der Waals surface area contributed by atoms with Gasteiger partial charge in [-0.05, 0) is 17.7 Å². The summed E-state index contributed by atoms with van der Waals surface area (Å²) >= 11 is 0. The van der Waals surface area contributed by atoms with Crippen LogP contribution in [0.5, 0.6) is 0 Å². The van der Waals surface area contributed by atoms with E-state index in [1.54, 1.807) is 18.2 Å². The lowest BCUT2D eigenvalue weighted by atomic mass is 9.92. The predicted octanol–water partition coefficient (Wildman–Crippen LogP) is 3.63. The Morgan fingerprint density at radius 1 is 1.22 bits per heavy atom. The molecule has 2 unspecified atom stereocenters. The largest absolute Gasteiger partial charge is 0.481 e. The maximum Gasteiger partial charge on any atom is 0.312 e. The summed E-state index contributed by atoms with van der Waals surface area (Å²) in [6, 6.07) is 14.3. The lowest BCUT2D eigenvalue weighted by molar-refractivity contribution is -0.384. The van der Waals surface area contributed by atoms with Crippen molar-refractivity contribution in [2.24, 2.45) is 5.92 Å². The van der Waals surface area contributed by atoms with E-state index in [4.69, 9.17) is 0 Å². The molecule has 0 spiro atoms. The van der Waals surface area contributed by atoms with Gasteiger partial charge in [0.05, 0.1) is 16.9 Å². The van der Waals surface area contributed by atoms with Crippen LogP contribution < -0.4 is 5.32 Å². The number of hydrogen-bond acceptors (Lipinski definition) is 4. The molecular formula is C17H16N2O4. The summed E-state index contributed by atoms with van der Waals surface area (Å²) < 4.78 is 0. The number of carboxylic acids is 1. The van der Waals surface area contributed by atoms with Crippen molar-refractivity contribution in [3.05, 3.63) is 82.9 Å². The summed E-state index contributed by atoms with van der Waals surface area (Å²) in [5.41, 5.74) is 1.14. The Hall–Kier alpha value is -3.15. The van der Waals surface area contributed by atoms with Gasteiger partial charge in [-0.1, -0.05) is 36.4 Å². The van der Waals surface area contributed by atoms with Crippen LogP contribution in [0, 0.1) is 16.0 Å². The fraction of sp³-hybridized carbons (Fsp3) is 0.118. The van der Waals surface area contributed by atoms with Gasteiger partial charge in [-0.3, -0.25) is 14.9 Å². The van der Waals surface area contributed by atoms with Crippen molar-refractivity contribution >= 4 is 17.3 Å². The Balaban J connectivity index is 2.44. The number of hydrogen-bond donors (Lipinski definition) is 2. The number of aliphatic carboxylic acids is 1. The Labute approximate surface area is 133 Å². The van der Waals surface area contributed by atoms with E-state index in [9.17, 15) is 20.0 Å². The van der Waals surface area contributed by atoms with E-state index in [1.165, 1.54) is 24.3 Å². The number of benzene rings is 2. The smallest absolute Gasteiger partial charge is 0.312 e. The molecule has 0 aliphatic heterocycles. The van der Waals surface area contributed by atoms with Crippen molar-refractivity contribution in [3.8, 4) is 0 Å². The van der Waals surface area contributed by atoms with E-state index in [1.807, 2.05) is 18.2 Å². The molecule has 0 aliphatic carbocycles. The highest BCUT2D eigenvalue weighted by atomic mass is 16.6. The zero-order valence-corrected chi connectivity index (χ0v) is 12.3. The van der Waals surface area contributed by atoms with Gasteiger partial charge in [0.2, 0.25) is 0 Å². The third-order valence-corrected chi connectivity index (χ3v) is 3.43. The highest BCUT2D eigenvalue weighted by Crippen LogP contribution is 2.30. The molecule has 0 radical (unpaired) electrons. The van der Waals surface area contributed by atoms with Crippen molar-refractivity contribution in [2.75, 3.05) is 5.32 Å². The van der Waals surface area contributed by atoms with Crippen LogP contribution in [0.4, 0.5) is 11.4 Å². The van der Waals surface area contributed by atoms with Crippen LogP contribution in [0.2, 0.25) is 0 Å². The third kappa shape index (κ3) is 3.94. The molecule has 2 aromatic carbocycles. The molecule has 0 fully saturated rings. The summed E-state index contributed by atoms with van der Waals surface area (Å²) in [6.07, 6.45) is 1.32. The summed E-state index contributed by atoms with van der Waals surface area (Å²) in [5, 5.41) is 23.5. The van der Waals surface area contributed by atoms with Gasteiger partial charge >= 0.3 is 5.97 Å². The first-order valence-electron chi connectivity index (χ1n) is 6.94. The maximum atomic E-state index is 11.5. The fourth-order valence-electron chi connectivity index (χ4n) is 2.31. The fourth-order valence-corrected chi connectivity index (χ4v) is 2.31. The number of rotatable bonds is 7. The molecule has 2 rings (SSSR count). The number of carbonyl (C=O) groups is 1. The van der Waals surface area contributed by atoms with Gasteiger partial charge in [0.15, 0.2) is 0 Å². The van der Waals surface area contributed by atoms with Crippen molar-refractivity contribution in [1.82, 2.24) is 0 Å². The number of para-hydroxylation sites is 1. The standard InChI is InChI=1S/C17H16N2O4/c1-2-15(17(20)21)16(18-13-8-4-3-5-9-13)12-7-6-10-14(11-12)19(22)23/h2-11,15-16,18H,1H2,(H,20,21). The topological polar surface area (TPSA) is 92.5 Å². The molecule has 0 saturated heterocycles. The number of anilines is 1. The molecular weight excluding hydrogens is 296 g/mol. The number of nitro groups is 1. The molecule has 23 heavy (non-hydrogen) atoms. The zero-order valence-electron chi connectivity index (χ0n) is 12.3. The summed E-state index contributed by atoms with van der Waals surface area (Å²) in [6.45, 7) is 3.57. The van der Waals surface area contributed by atoms with Crippen LogP contribution in [0.1, 0.15) is 11.6 Å². The lowest BCUT2D eigenvalue weighted by Gasteiger charge is -2.24. The second-order valence-corrected chi connectivity index (χ2v) is 4.94. The molecule has 6 heteroatoms. The summed E-state index contributed by atoms with van der Waals surface area (Å²) in [4.78, 5) is 22.0. The van der Waals surface area contributed by atoms with E-state index in [2.05, 4.69) is 11.9 Å². The second kappa shape index (κ2) is 7.22. The van der Waals surface area contributed by atoms with Crippen molar-refractivity contribution in [3.63, 3.8) is 0 Å². The number of carboxylic acid groups (broad SMARTS) is 1. The molecule has 0 heterocycles. The Morgan fingerprint density at radius 3 is 2.48 bits per heavy atom. The molecule has 2 atom stereocenters. The molecule has 6 nitrogen and oxygen atoms in total. The van der Waals surface area contributed by atoms with Crippen LogP contribution in [0.25, 0.3) is 0 Å². The zero-order chi connectivity index (χ0) is 16.8. The van der Waals surface area contributed by atoms with Crippen molar-refractivity contribution in [1.29, 1.82) is 0 Å². The normalized spacial score (nSPS) is 12.9. The van der Waals surface area contributed by atoms with Crippen LogP contribution in [0.15, 0.2) is 67.3 Å². The quantitative estimate of drug-likeness (QED) is 0.462. The van der Waals surface area contributed by atoms with Crippen molar-refractivity contribution in [2.45, 2.75) is 6.04 Å². The number of nitrogens with zero attached hydrogens (tertiary/aromatic N) is 1. The van der Waals surface area contributed by atoms with Crippen LogP contribution >= 0.6 is 0 Å². The first-order valence-corrected chi connectivity index (χ1v) is 6.94. The van der Waals surface area contributed by atoms with E-state index >= 15 is 0 Å². The number of nitro benzene ring substituents is 1. The van der Waals surface area contributed by atoms with Gasteiger partial charge in [0, 0.05) is 17.8 Å². The minimum absolute atomic E-state index is 0.0874. The Bertz CT molecular complexity index is 716. The van der Waals surface area contributed by atoms with Gasteiger partial charge in [0.25, 0.3) is 5.69 Å². The van der Waals surface area contributed by atoms with Gasteiger partial charge < -0.3 is 10.4 Å². The minimum atomic E-state index is -1.06. The lowest BCUT2D eigenvalue weighted by Crippen LogP contribution is -2.26. The number of non-ortho nitro benzene ring substituents is 1. The molecule has 2 N–H and O–H groups in total. The maximum absolute atomic E-state index is 11.5. The molecule has 0 aliphatic rings. The van der Waals surface area contributed by atoms with Crippen molar-refractivity contribution < 1.29 is 14.8 Å². The first-order chi connectivity index (χ1) is 11.0. The SMILES string of the molecule is C=CC(C(=O)O)C(Nc1ccccc1)c1cccc([N+](=O)[O-])c1. The average Bonchev–Trinajstić information content (AvgIpc) is 2.55. The van der Waals surface area contributed by atoms with Gasteiger partial charge in [-0.25, -0.2) is 0 Å². The van der Waals surface area contributed by atoms with E-state index in [0.717, 1.165) is 5.69 Å². The molecule has 2 aromatic rings. The van der Waals surface area contributed by atoms with E-state index in [-0.39, 0.29) is 5.69 Å².